The van der Waals surface area contributed by atoms with Gasteiger partial charge in [0.2, 0.25) is 17.2 Å². The summed E-state index contributed by atoms with van der Waals surface area (Å²) in [6.07, 6.45) is 5.83. The number of benzene rings is 1. The number of fused-ring (bicyclic) bond motifs is 3. The second-order valence-electron chi connectivity index (χ2n) is 10.1. The maximum atomic E-state index is 6.17. The summed E-state index contributed by atoms with van der Waals surface area (Å²) in [7, 11) is 0. The van der Waals surface area contributed by atoms with Crippen LogP contribution >= 0.6 is 22.9 Å². The summed E-state index contributed by atoms with van der Waals surface area (Å²) in [5.41, 5.74) is 9.08. The number of aromatic nitrogens is 5. The molecule has 3 N–H and O–H groups in total. The lowest BCUT2D eigenvalue weighted by molar-refractivity contribution is 0.135. The van der Waals surface area contributed by atoms with Crippen molar-refractivity contribution in [2.75, 3.05) is 42.1 Å². The molecule has 3 atom stereocenters. The van der Waals surface area contributed by atoms with E-state index >= 15 is 0 Å². The van der Waals surface area contributed by atoms with Crippen molar-refractivity contribution in [2.45, 2.75) is 31.7 Å². The molecule has 4 heterocycles. The molecule has 9 nitrogen and oxygen atoms in total. The van der Waals surface area contributed by atoms with Crippen LogP contribution in [0.1, 0.15) is 25.7 Å². The van der Waals surface area contributed by atoms with Crippen molar-refractivity contribution >= 4 is 56.4 Å². The summed E-state index contributed by atoms with van der Waals surface area (Å²) in [4.78, 5) is 18.2. The minimum Gasteiger partial charge on any atom is -0.369 e. The molecule has 36 heavy (non-hydrogen) atoms. The average molecular weight is 522 g/mol. The summed E-state index contributed by atoms with van der Waals surface area (Å²) in [6.45, 7) is 4.50. The molecule has 0 amide bonds. The van der Waals surface area contributed by atoms with E-state index in [1.165, 1.54) is 60.5 Å². The van der Waals surface area contributed by atoms with Crippen molar-refractivity contribution in [3.8, 4) is 5.82 Å². The average Bonchev–Trinajstić information content (AvgIpc) is 3.69. The molecule has 0 unspecified atom stereocenters. The fourth-order valence-corrected chi connectivity index (χ4v) is 7.33. The maximum Gasteiger partial charge on any atom is 0.248 e. The number of hydrogen-bond donors (Lipinski definition) is 2. The van der Waals surface area contributed by atoms with Gasteiger partial charge in [-0.25, -0.2) is 4.98 Å². The minimum atomic E-state index is 0.146. The van der Waals surface area contributed by atoms with Crippen molar-refractivity contribution in [1.82, 2.24) is 29.6 Å². The van der Waals surface area contributed by atoms with E-state index in [1.54, 1.807) is 0 Å². The number of thiophene rings is 1. The molecule has 0 radical (unpaired) electrons. The SMILES string of the molecule is Nc1nc(Nc2ccc(N3CCN([C@H]4C[C@@H]5CC[C@H]4C5)CC3)cc2)nn1-c1nc(Cl)nc2ccsc12. The molecule has 3 fully saturated rings. The molecule has 1 aliphatic heterocycles. The monoisotopic (exact) mass is 521 g/mol. The molecular formula is C25H28ClN9S. The van der Waals surface area contributed by atoms with Gasteiger partial charge in [0.15, 0.2) is 5.82 Å². The predicted octanol–water partition coefficient (Wildman–Crippen LogP) is 4.56. The van der Waals surface area contributed by atoms with Crippen LogP contribution in [0.15, 0.2) is 35.7 Å². The van der Waals surface area contributed by atoms with Gasteiger partial charge in [-0.15, -0.1) is 16.4 Å². The summed E-state index contributed by atoms with van der Waals surface area (Å²) in [6, 6.07) is 11.2. The minimum absolute atomic E-state index is 0.146. The Morgan fingerprint density at radius 3 is 2.56 bits per heavy atom. The van der Waals surface area contributed by atoms with Gasteiger partial charge in [-0.3, -0.25) is 4.90 Å². The Morgan fingerprint density at radius 1 is 0.972 bits per heavy atom. The van der Waals surface area contributed by atoms with E-state index in [0.29, 0.717) is 11.8 Å². The Kier molecular flexibility index (Phi) is 5.48. The third-order valence-electron chi connectivity index (χ3n) is 8.06. The van der Waals surface area contributed by atoms with Gasteiger partial charge in [-0.2, -0.15) is 14.6 Å². The highest BCUT2D eigenvalue weighted by atomic mass is 35.5. The fraction of sp³-hybridized carbons (Fsp3) is 0.440. The Labute approximate surface area is 218 Å². The summed E-state index contributed by atoms with van der Waals surface area (Å²) >= 11 is 7.62. The van der Waals surface area contributed by atoms with Crippen LogP contribution in [0.2, 0.25) is 5.28 Å². The Hall–Kier alpha value is -2.95. The lowest BCUT2D eigenvalue weighted by Gasteiger charge is -2.41. The highest BCUT2D eigenvalue weighted by Gasteiger charge is 2.42. The summed E-state index contributed by atoms with van der Waals surface area (Å²) in [5, 5.41) is 9.87. The zero-order valence-corrected chi connectivity index (χ0v) is 21.4. The molecule has 2 saturated carbocycles. The van der Waals surface area contributed by atoms with E-state index in [2.05, 4.69) is 59.4 Å². The van der Waals surface area contributed by atoms with Crippen LogP contribution in [0.3, 0.4) is 0 Å². The van der Waals surface area contributed by atoms with Gasteiger partial charge >= 0.3 is 0 Å². The van der Waals surface area contributed by atoms with Crippen molar-refractivity contribution in [1.29, 1.82) is 0 Å². The van der Waals surface area contributed by atoms with E-state index in [4.69, 9.17) is 17.3 Å². The number of hydrogen-bond acceptors (Lipinski definition) is 9. The second-order valence-corrected chi connectivity index (χ2v) is 11.3. The molecule has 186 valence electrons. The number of nitrogens with two attached hydrogens (primary N) is 1. The molecular weight excluding hydrogens is 494 g/mol. The Balaban J connectivity index is 1.02. The second kappa shape index (κ2) is 8.86. The summed E-state index contributed by atoms with van der Waals surface area (Å²) in [5.74, 6) is 3.12. The molecule has 1 saturated heterocycles. The number of halogens is 1. The first-order chi connectivity index (χ1) is 17.6. The molecule has 7 rings (SSSR count). The predicted molar refractivity (Wildman–Crippen MR) is 145 cm³/mol. The summed E-state index contributed by atoms with van der Waals surface area (Å²) < 4.78 is 2.35. The van der Waals surface area contributed by atoms with Crippen LogP contribution in [0.5, 0.6) is 0 Å². The van der Waals surface area contributed by atoms with Gasteiger partial charge in [-0.05, 0) is 78.4 Å². The van der Waals surface area contributed by atoms with Gasteiger partial charge < -0.3 is 16.0 Å². The molecule has 4 aromatic rings. The fourth-order valence-electron chi connectivity index (χ4n) is 6.35. The van der Waals surface area contributed by atoms with Crippen molar-refractivity contribution < 1.29 is 0 Å². The van der Waals surface area contributed by atoms with Crippen molar-refractivity contribution in [3.05, 3.63) is 41.0 Å². The van der Waals surface area contributed by atoms with E-state index < -0.39 is 0 Å². The smallest absolute Gasteiger partial charge is 0.248 e. The van der Waals surface area contributed by atoms with Crippen LogP contribution in [0.25, 0.3) is 16.0 Å². The standard InChI is InChI=1S/C25H28ClN9S/c26-23-29-19-7-12-36-21(19)22(30-23)35-24(27)31-25(32-35)28-17-3-5-18(6-4-17)33-8-10-34(11-9-33)20-14-15-1-2-16(20)13-15/h3-7,12,15-16,20H,1-2,8-11,13-14H2,(H3,27,28,31,32)/t15-,16+,20+/m1/s1. The van der Waals surface area contributed by atoms with Crippen LogP contribution in [0, 0.1) is 11.8 Å². The number of piperazine rings is 1. The highest BCUT2D eigenvalue weighted by Crippen LogP contribution is 2.46. The van der Waals surface area contributed by atoms with Gasteiger partial charge in [0, 0.05) is 43.6 Å². The van der Waals surface area contributed by atoms with Gasteiger partial charge in [0.1, 0.15) is 0 Å². The van der Waals surface area contributed by atoms with Crippen LogP contribution in [0.4, 0.5) is 23.3 Å². The molecule has 1 aromatic carbocycles. The number of nitrogens with one attached hydrogen (secondary N) is 1. The third kappa shape index (κ3) is 3.97. The number of nitrogen functional groups attached to an aromatic ring is 1. The van der Waals surface area contributed by atoms with Gasteiger partial charge in [0.05, 0.1) is 10.2 Å². The molecule has 0 spiro atoms. The number of nitrogens with zero attached hydrogens (tertiary/aromatic N) is 7. The number of rotatable bonds is 5. The number of anilines is 4. The third-order valence-corrected chi connectivity index (χ3v) is 9.13. The highest BCUT2D eigenvalue weighted by molar-refractivity contribution is 7.17. The largest absolute Gasteiger partial charge is 0.369 e. The molecule has 2 bridgehead atoms. The quantitative estimate of drug-likeness (QED) is 0.368. The topological polar surface area (TPSA) is 101 Å². The Bertz CT molecular complexity index is 1390. The van der Waals surface area contributed by atoms with Gasteiger partial charge in [-0.1, -0.05) is 6.42 Å². The van der Waals surface area contributed by atoms with Crippen LogP contribution in [-0.2, 0) is 0 Å². The van der Waals surface area contributed by atoms with E-state index in [1.807, 2.05) is 11.4 Å². The molecule has 2 aliphatic carbocycles. The normalized spacial score (nSPS) is 24.1. The van der Waals surface area contributed by atoms with Crippen LogP contribution < -0.4 is 16.0 Å². The van der Waals surface area contributed by atoms with E-state index in [-0.39, 0.29) is 11.2 Å². The lowest BCUT2D eigenvalue weighted by atomic mass is 9.93. The first kappa shape index (κ1) is 22.3. The van der Waals surface area contributed by atoms with E-state index in [9.17, 15) is 0 Å². The first-order valence-corrected chi connectivity index (χ1v) is 13.9. The van der Waals surface area contributed by atoms with Crippen LogP contribution in [-0.4, -0.2) is 61.9 Å². The van der Waals surface area contributed by atoms with Gasteiger partial charge in [0.25, 0.3) is 0 Å². The van der Waals surface area contributed by atoms with E-state index in [0.717, 1.165) is 46.9 Å². The van der Waals surface area contributed by atoms with Crippen molar-refractivity contribution in [2.24, 2.45) is 11.8 Å². The lowest BCUT2D eigenvalue weighted by Crippen LogP contribution is -2.51. The molecule has 3 aliphatic rings. The zero-order valence-electron chi connectivity index (χ0n) is 19.8. The maximum absolute atomic E-state index is 6.17. The molecule has 11 heteroatoms. The Morgan fingerprint density at radius 2 is 1.81 bits per heavy atom. The van der Waals surface area contributed by atoms with Crippen molar-refractivity contribution in [3.63, 3.8) is 0 Å². The molecule has 3 aromatic heterocycles. The zero-order chi connectivity index (χ0) is 24.2. The first-order valence-electron chi connectivity index (χ1n) is 12.6.